The van der Waals surface area contributed by atoms with Crippen molar-refractivity contribution in [1.82, 2.24) is 10.6 Å². The largest absolute Gasteiger partial charge is 0.483 e. The van der Waals surface area contributed by atoms with Gasteiger partial charge in [-0.3, -0.25) is 4.79 Å². The van der Waals surface area contributed by atoms with Crippen molar-refractivity contribution in [2.45, 2.75) is 39.4 Å². The normalized spacial score (nSPS) is 10.7. The van der Waals surface area contributed by atoms with Crippen LogP contribution in [0.1, 0.15) is 42.3 Å². The molecule has 7 heteroatoms. The lowest BCUT2D eigenvalue weighted by Gasteiger charge is -2.20. The summed E-state index contributed by atoms with van der Waals surface area (Å²) in [5, 5.41) is 15.1. The fourth-order valence-corrected chi connectivity index (χ4v) is 2.50. The molecule has 0 spiro atoms. The van der Waals surface area contributed by atoms with Gasteiger partial charge in [-0.1, -0.05) is 30.3 Å². The van der Waals surface area contributed by atoms with Crippen LogP contribution in [0.2, 0.25) is 0 Å². The Bertz CT molecular complexity index is 786. The van der Waals surface area contributed by atoms with Crippen LogP contribution < -0.4 is 15.4 Å². The summed E-state index contributed by atoms with van der Waals surface area (Å²) in [7, 11) is 0. The first-order valence-corrected chi connectivity index (χ1v) is 8.79. The zero-order valence-electron chi connectivity index (χ0n) is 16.3. The van der Waals surface area contributed by atoms with Crippen LogP contribution in [0, 0.1) is 0 Å². The van der Waals surface area contributed by atoms with Crippen molar-refractivity contribution >= 4 is 24.3 Å². The van der Waals surface area contributed by atoms with E-state index in [1.165, 1.54) is 0 Å². The second-order valence-electron chi connectivity index (χ2n) is 7.30. The number of rotatable bonds is 8. The molecule has 0 aliphatic rings. The zero-order chi connectivity index (χ0) is 19.9. The number of benzene rings is 2. The van der Waals surface area contributed by atoms with E-state index in [1.54, 1.807) is 24.3 Å². The molecule has 2 aromatic rings. The van der Waals surface area contributed by atoms with Crippen LogP contribution in [0.15, 0.2) is 48.5 Å². The zero-order valence-corrected chi connectivity index (χ0v) is 17.1. The van der Waals surface area contributed by atoms with Gasteiger partial charge in [0.2, 0.25) is 0 Å². The van der Waals surface area contributed by atoms with E-state index in [0.717, 1.165) is 11.1 Å². The highest BCUT2D eigenvalue weighted by atomic mass is 35.5. The van der Waals surface area contributed by atoms with Crippen molar-refractivity contribution in [3.8, 4) is 5.75 Å². The fourth-order valence-electron chi connectivity index (χ4n) is 2.50. The number of carboxylic acid groups (broad SMARTS) is 1. The Morgan fingerprint density at radius 3 is 2.25 bits per heavy atom. The van der Waals surface area contributed by atoms with E-state index in [2.05, 4.69) is 10.6 Å². The van der Waals surface area contributed by atoms with Crippen molar-refractivity contribution in [2.75, 3.05) is 6.61 Å². The summed E-state index contributed by atoms with van der Waals surface area (Å²) >= 11 is 0. The van der Waals surface area contributed by atoms with E-state index < -0.39 is 5.97 Å². The lowest BCUT2D eigenvalue weighted by atomic mass is 10.1. The minimum absolute atomic E-state index is 0. The smallest absolute Gasteiger partial charge is 0.335 e. The van der Waals surface area contributed by atoms with E-state index in [9.17, 15) is 9.59 Å². The topological polar surface area (TPSA) is 87.7 Å². The first-order chi connectivity index (χ1) is 12.7. The molecule has 6 nitrogen and oxygen atoms in total. The highest BCUT2D eigenvalue weighted by molar-refractivity contribution is 5.87. The predicted molar refractivity (Wildman–Crippen MR) is 111 cm³/mol. The van der Waals surface area contributed by atoms with Gasteiger partial charge >= 0.3 is 5.97 Å². The summed E-state index contributed by atoms with van der Waals surface area (Å²) in [5.74, 6) is -0.435. The van der Waals surface area contributed by atoms with Gasteiger partial charge in [0.05, 0.1) is 5.56 Å². The van der Waals surface area contributed by atoms with Gasteiger partial charge in [0.1, 0.15) is 5.75 Å². The van der Waals surface area contributed by atoms with Crippen molar-refractivity contribution in [3.63, 3.8) is 0 Å². The summed E-state index contributed by atoms with van der Waals surface area (Å²) in [4.78, 5) is 22.8. The SMILES string of the molecule is CC(C)(C)NC(=O)COc1ccccc1CNCc1ccc(C(=O)O)cc1.Cl. The first-order valence-electron chi connectivity index (χ1n) is 8.79. The van der Waals surface area contributed by atoms with Crippen LogP contribution in [0.25, 0.3) is 0 Å². The molecule has 0 saturated heterocycles. The van der Waals surface area contributed by atoms with Crippen molar-refractivity contribution in [1.29, 1.82) is 0 Å². The first kappa shape index (κ1) is 23.5. The number of ether oxygens (including phenoxy) is 1. The van der Waals surface area contributed by atoms with Crippen LogP contribution >= 0.6 is 12.4 Å². The molecule has 3 N–H and O–H groups in total. The van der Waals surface area contributed by atoms with Gasteiger partial charge in [0, 0.05) is 24.2 Å². The average molecular weight is 407 g/mol. The fraction of sp³-hybridized carbons (Fsp3) is 0.333. The Morgan fingerprint density at radius 1 is 1.00 bits per heavy atom. The highest BCUT2D eigenvalue weighted by Crippen LogP contribution is 2.18. The molecule has 0 aliphatic carbocycles. The number of amides is 1. The number of halogens is 1. The van der Waals surface area contributed by atoms with Gasteiger partial charge in [0.15, 0.2) is 6.61 Å². The van der Waals surface area contributed by atoms with Crippen LogP contribution in [-0.4, -0.2) is 29.1 Å². The molecule has 0 radical (unpaired) electrons. The number of nitrogens with one attached hydrogen (secondary N) is 2. The highest BCUT2D eigenvalue weighted by Gasteiger charge is 2.14. The molecule has 0 fully saturated rings. The summed E-state index contributed by atoms with van der Waals surface area (Å²) in [6, 6.07) is 14.3. The van der Waals surface area contributed by atoms with Crippen molar-refractivity contribution < 1.29 is 19.4 Å². The van der Waals surface area contributed by atoms with Gasteiger partial charge < -0.3 is 20.5 Å². The van der Waals surface area contributed by atoms with E-state index in [0.29, 0.717) is 18.8 Å². The monoisotopic (exact) mass is 406 g/mol. The van der Waals surface area contributed by atoms with E-state index in [1.807, 2.05) is 45.0 Å². The molecule has 2 aromatic carbocycles. The number of para-hydroxylation sites is 1. The predicted octanol–water partition coefficient (Wildman–Crippen LogP) is 3.39. The number of carbonyl (C=O) groups excluding carboxylic acids is 1. The van der Waals surface area contributed by atoms with Gasteiger partial charge in [-0.05, 0) is 44.5 Å². The molecule has 0 bridgehead atoms. The lowest BCUT2D eigenvalue weighted by Crippen LogP contribution is -2.43. The summed E-state index contributed by atoms with van der Waals surface area (Å²) < 4.78 is 5.67. The summed E-state index contributed by atoms with van der Waals surface area (Å²) in [6.07, 6.45) is 0. The minimum Gasteiger partial charge on any atom is -0.483 e. The summed E-state index contributed by atoms with van der Waals surface area (Å²) in [5.41, 5.74) is 1.91. The van der Waals surface area contributed by atoms with Crippen LogP contribution in [0.3, 0.4) is 0 Å². The van der Waals surface area contributed by atoms with Crippen LogP contribution in [0.4, 0.5) is 0 Å². The Labute approximate surface area is 171 Å². The molecule has 152 valence electrons. The molecular weight excluding hydrogens is 380 g/mol. The minimum atomic E-state index is -0.934. The molecule has 0 heterocycles. The molecule has 0 aromatic heterocycles. The van der Waals surface area contributed by atoms with E-state index in [4.69, 9.17) is 9.84 Å². The Morgan fingerprint density at radius 2 is 1.64 bits per heavy atom. The molecule has 28 heavy (non-hydrogen) atoms. The van der Waals surface area contributed by atoms with Crippen molar-refractivity contribution in [2.24, 2.45) is 0 Å². The maximum absolute atomic E-state index is 11.9. The second-order valence-corrected chi connectivity index (χ2v) is 7.30. The Hall–Kier alpha value is -2.57. The molecule has 0 aliphatic heterocycles. The standard InChI is InChI=1S/C21H26N2O4.ClH/c1-21(2,3)23-19(24)14-27-18-7-5-4-6-17(18)13-22-12-15-8-10-16(11-9-15)20(25)26;/h4-11,22H,12-14H2,1-3H3,(H,23,24)(H,25,26);1H. The molecule has 0 saturated carbocycles. The van der Waals surface area contributed by atoms with Crippen LogP contribution in [-0.2, 0) is 17.9 Å². The summed E-state index contributed by atoms with van der Waals surface area (Å²) in [6.45, 7) is 6.89. The third-order valence-electron chi connectivity index (χ3n) is 3.69. The number of hydrogen-bond donors (Lipinski definition) is 3. The third kappa shape index (κ3) is 7.98. The third-order valence-corrected chi connectivity index (χ3v) is 3.69. The quantitative estimate of drug-likeness (QED) is 0.625. The molecule has 2 rings (SSSR count). The van der Waals surface area contributed by atoms with Gasteiger partial charge in [-0.25, -0.2) is 4.79 Å². The second kappa shape index (κ2) is 10.7. The maximum Gasteiger partial charge on any atom is 0.335 e. The van der Waals surface area contributed by atoms with Crippen molar-refractivity contribution in [3.05, 3.63) is 65.2 Å². The number of carboxylic acids is 1. The molecule has 0 unspecified atom stereocenters. The average Bonchev–Trinajstić information content (AvgIpc) is 2.60. The maximum atomic E-state index is 11.9. The number of aromatic carboxylic acids is 1. The van der Waals surface area contributed by atoms with Gasteiger partial charge in [0.25, 0.3) is 5.91 Å². The Kier molecular flexibility index (Phi) is 8.96. The van der Waals surface area contributed by atoms with Gasteiger partial charge in [-0.2, -0.15) is 0 Å². The molecular formula is C21H27ClN2O4. The Balaban J connectivity index is 0.00000392. The molecule has 1 amide bonds. The van der Waals surface area contributed by atoms with E-state index >= 15 is 0 Å². The van der Waals surface area contributed by atoms with E-state index in [-0.39, 0.29) is 36.0 Å². The number of hydrogen-bond acceptors (Lipinski definition) is 4. The molecule has 0 atom stereocenters. The lowest BCUT2D eigenvalue weighted by molar-refractivity contribution is -0.124. The number of carbonyl (C=O) groups is 2. The van der Waals surface area contributed by atoms with Crippen LogP contribution in [0.5, 0.6) is 5.75 Å². The van der Waals surface area contributed by atoms with Gasteiger partial charge in [-0.15, -0.1) is 12.4 Å².